The van der Waals surface area contributed by atoms with Crippen molar-refractivity contribution < 1.29 is 29.5 Å². The zero-order valence-corrected chi connectivity index (χ0v) is 25.1. The third-order valence-electron chi connectivity index (χ3n) is 8.64. The molecule has 0 spiro atoms. The van der Waals surface area contributed by atoms with Crippen LogP contribution in [0.3, 0.4) is 0 Å². The maximum atomic E-state index is 11.0. The molecule has 2 aliphatic rings. The van der Waals surface area contributed by atoms with Crippen molar-refractivity contribution in [2.24, 2.45) is 22.9 Å². The average molecular weight is 575 g/mol. The molecule has 2 fully saturated rings. The minimum absolute atomic E-state index is 0.0139. The molecule has 40 heavy (non-hydrogen) atoms. The Morgan fingerprint density at radius 2 is 1.12 bits per heavy atom. The predicted molar refractivity (Wildman–Crippen MR) is 158 cm³/mol. The van der Waals surface area contributed by atoms with Gasteiger partial charge in [-0.2, -0.15) is 0 Å². The van der Waals surface area contributed by atoms with Crippen molar-refractivity contribution in [2.75, 3.05) is 13.2 Å². The molecule has 0 radical (unpaired) electrons. The first-order valence-corrected chi connectivity index (χ1v) is 16.2. The molecule has 0 aromatic heterocycles. The van der Waals surface area contributed by atoms with Crippen molar-refractivity contribution in [1.82, 2.24) is 0 Å². The molecule has 1 aliphatic heterocycles. The summed E-state index contributed by atoms with van der Waals surface area (Å²) in [5, 5.41) is 31.4. The van der Waals surface area contributed by atoms with E-state index in [-0.39, 0.29) is 6.54 Å². The van der Waals surface area contributed by atoms with Crippen molar-refractivity contribution >= 4 is 0 Å². The maximum absolute atomic E-state index is 11.0. The highest BCUT2D eigenvalue weighted by molar-refractivity contribution is 5.00. The first kappa shape index (κ1) is 35.8. The van der Waals surface area contributed by atoms with E-state index >= 15 is 0 Å². The van der Waals surface area contributed by atoms with Crippen molar-refractivity contribution in [1.29, 1.82) is 0 Å². The standard InChI is InChI=1S/C30H62N4O6/c1-2-3-4-5-6-7-8-9-10-11-12-13-14-15-16-17-18-38-28-21(32)19-22(33)29(27(28)37)40-30-24(34)26(36)25(35)23(20-31)39-30/h21-30,35-37H,2-20,31-34H2,1H3/t21?,22?,23-,24-,25-,26-,27?,28?,29?,30-/m1/s1. The molecule has 0 bridgehead atoms. The average Bonchev–Trinajstić information content (AvgIpc) is 2.94. The first-order valence-electron chi connectivity index (χ1n) is 16.2. The quantitative estimate of drug-likeness (QED) is 0.0999. The number of aliphatic hydroxyl groups is 3. The fourth-order valence-corrected chi connectivity index (χ4v) is 5.97. The molecule has 0 aromatic carbocycles. The van der Waals surface area contributed by atoms with E-state index in [0.29, 0.717) is 13.0 Å². The molecule has 10 atom stereocenters. The van der Waals surface area contributed by atoms with Gasteiger partial charge in [0.2, 0.25) is 0 Å². The zero-order chi connectivity index (χ0) is 29.3. The Kier molecular flexibility index (Phi) is 18.3. The number of ether oxygens (including phenoxy) is 3. The van der Waals surface area contributed by atoms with Gasteiger partial charge in [-0.1, -0.05) is 103 Å². The minimum Gasteiger partial charge on any atom is -0.388 e. The van der Waals surface area contributed by atoms with Crippen molar-refractivity contribution in [3.63, 3.8) is 0 Å². The Hall–Kier alpha value is -0.400. The molecule has 0 aromatic rings. The zero-order valence-electron chi connectivity index (χ0n) is 25.1. The van der Waals surface area contributed by atoms with E-state index in [9.17, 15) is 15.3 Å². The van der Waals surface area contributed by atoms with Gasteiger partial charge in [-0.3, -0.25) is 0 Å². The molecular formula is C30H62N4O6. The molecule has 1 aliphatic carbocycles. The first-order chi connectivity index (χ1) is 19.3. The molecule has 1 saturated carbocycles. The van der Waals surface area contributed by atoms with E-state index < -0.39 is 61.0 Å². The normalized spacial score (nSPS) is 34.8. The second kappa shape index (κ2) is 20.5. The predicted octanol–water partition coefficient (Wildman–Crippen LogP) is 2.17. The lowest BCUT2D eigenvalue weighted by atomic mass is 9.84. The van der Waals surface area contributed by atoms with Gasteiger partial charge >= 0.3 is 0 Å². The summed E-state index contributed by atoms with van der Waals surface area (Å²) < 4.78 is 17.6. The lowest BCUT2D eigenvalue weighted by Gasteiger charge is -2.46. The Morgan fingerprint density at radius 1 is 0.650 bits per heavy atom. The molecule has 5 unspecified atom stereocenters. The van der Waals surface area contributed by atoms with Gasteiger partial charge in [0.25, 0.3) is 0 Å². The molecule has 10 nitrogen and oxygen atoms in total. The van der Waals surface area contributed by atoms with Crippen molar-refractivity contribution in [3.8, 4) is 0 Å². The molecule has 2 rings (SSSR count). The van der Waals surface area contributed by atoms with Crippen LogP contribution in [0.25, 0.3) is 0 Å². The number of unbranched alkanes of at least 4 members (excludes halogenated alkanes) is 15. The number of aliphatic hydroxyl groups excluding tert-OH is 3. The number of nitrogens with two attached hydrogens (primary N) is 4. The summed E-state index contributed by atoms with van der Waals surface area (Å²) in [6.45, 7) is 2.76. The van der Waals surface area contributed by atoms with Crippen molar-refractivity contribution in [3.05, 3.63) is 0 Å². The number of hydrogen-bond acceptors (Lipinski definition) is 10. The minimum atomic E-state index is -1.27. The number of rotatable bonds is 21. The molecule has 1 heterocycles. The van der Waals surface area contributed by atoms with Crippen LogP contribution in [-0.4, -0.2) is 89.5 Å². The molecule has 238 valence electrons. The molecule has 1 saturated heterocycles. The monoisotopic (exact) mass is 574 g/mol. The summed E-state index contributed by atoms with van der Waals surface area (Å²) in [5.74, 6) is 0. The van der Waals surface area contributed by atoms with Crippen molar-refractivity contribution in [2.45, 2.75) is 177 Å². The van der Waals surface area contributed by atoms with Crippen LogP contribution in [0.5, 0.6) is 0 Å². The fraction of sp³-hybridized carbons (Fsp3) is 1.00. The highest BCUT2D eigenvalue weighted by atomic mass is 16.7. The van der Waals surface area contributed by atoms with E-state index in [1.54, 1.807) is 0 Å². The van der Waals surface area contributed by atoms with Crippen LogP contribution in [0.2, 0.25) is 0 Å². The van der Waals surface area contributed by atoms with Crippen LogP contribution in [0, 0.1) is 0 Å². The van der Waals surface area contributed by atoms with Gasteiger partial charge in [0.1, 0.15) is 36.6 Å². The number of hydrogen-bond donors (Lipinski definition) is 7. The van der Waals surface area contributed by atoms with E-state index in [2.05, 4.69) is 6.92 Å². The fourth-order valence-electron chi connectivity index (χ4n) is 5.97. The summed E-state index contributed by atoms with van der Waals surface area (Å²) in [5.41, 5.74) is 24.2. The van der Waals surface area contributed by atoms with E-state index in [1.165, 1.54) is 89.9 Å². The van der Waals surface area contributed by atoms with E-state index in [1.807, 2.05) is 0 Å². The smallest absolute Gasteiger partial charge is 0.176 e. The van der Waals surface area contributed by atoms with Crippen LogP contribution in [0.1, 0.15) is 116 Å². The SMILES string of the molecule is CCCCCCCCCCCCCCCCCCOC1C(N)CC(N)C(O[C@H]2O[C@H](CN)[C@@H](O)[C@H](O)[C@H]2N)C1O. The third-order valence-corrected chi connectivity index (χ3v) is 8.64. The molecule has 11 N–H and O–H groups in total. The van der Waals surface area contributed by atoms with Crippen LogP contribution < -0.4 is 22.9 Å². The van der Waals surface area contributed by atoms with Crippen LogP contribution >= 0.6 is 0 Å². The Morgan fingerprint density at radius 3 is 1.62 bits per heavy atom. The topological polar surface area (TPSA) is 192 Å². The summed E-state index contributed by atoms with van der Waals surface area (Å²) >= 11 is 0. The van der Waals surface area contributed by atoms with Gasteiger partial charge < -0.3 is 52.5 Å². The second-order valence-corrected chi connectivity index (χ2v) is 12.1. The summed E-state index contributed by atoms with van der Waals surface area (Å²) in [4.78, 5) is 0. The lowest BCUT2D eigenvalue weighted by molar-refractivity contribution is -0.289. The molecule has 10 heteroatoms. The highest BCUT2D eigenvalue weighted by Gasteiger charge is 2.48. The van der Waals surface area contributed by atoms with E-state index in [0.717, 1.165) is 12.8 Å². The summed E-state index contributed by atoms with van der Waals surface area (Å²) in [7, 11) is 0. The third kappa shape index (κ3) is 12.1. The van der Waals surface area contributed by atoms with E-state index in [4.69, 9.17) is 37.1 Å². The van der Waals surface area contributed by atoms with Crippen LogP contribution in [0.4, 0.5) is 0 Å². The van der Waals surface area contributed by atoms with Gasteiger partial charge in [0.15, 0.2) is 6.29 Å². The van der Waals surface area contributed by atoms with Crippen LogP contribution in [0.15, 0.2) is 0 Å². The Balaban J connectivity index is 1.56. The van der Waals surface area contributed by atoms with Crippen LogP contribution in [-0.2, 0) is 14.2 Å². The largest absolute Gasteiger partial charge is 0.388 e. The molecular weight excluding hydrogens is 512 g/mol. The second-order valence-electron chi connectivity index (χ2n) is 12.1. The van der Waals surface area contributed by atoms with Gasteiger partial charge in [0, 0.05) is 25.2 Å². The van der Waals surface area contributed by atoms with Gasteiger partial charge in [-0.05, 0) is 12.8 Å². The highest BCUT2D eigenvalue weighted by Crippen LogP contribution is 2.28. The molecule has 0 amide bonds. The summed E-state index contributed by atoms with van der Waals surface area (Å²) in [6, 6.07) is -2.00. The Labute approximate surface area is 242 Å². The summed E-state index contributed by atoms with van der Waals surface area (Å²) in [6.07, 6.45) is 14.4. The van der Waals surface area contributed by atoms with Gasteiger partial charge in [-0.15, -0.1) is 0 Å². The van der Waals surface area contributed by atoms with Gasteiger partial charge in [-0.25, -0.2) is 0 Å². The maximum Gasteiger partial charge on any atom is 0.176 e. The lowest BCUT2D eigenvalue weighted by Crippen LogP contribution is -2.67. The van der Waals surface area contributed by atoms with Gasteiger partial charge in [0.05, 0.1) is 6.04 Å². The Bertz CT molecular complexity index is 633.